The van der Waals surface area contributed by atoms with Crippen LogP contribution in [0.25, 0.3) is 33.4 Å². The molecule has 0 spiro atoms. The van der Waals surface area contributed by atoms with E-state index in [4.69, 9.17) is 4.98 Å². The van der Waals surface area contributed by atoms with Gasteiger partial charge in [0.25, 0.3) is 5.91 Å². The molecule has 2 aromatic carbocycles. The summed E-state index contributed by atoms with van der Waals surface area (Å²) in [5.74, 6) is -3.51. The molecule has 0 aliphatic carbocycles. The lowest BCUT2D eigenvalue weighted by molar-refractivity contribution is -0.276. The second kappa shape index (κ2) is 10.3. The molecule has 6 rings (SSSR count). The molecule has 2 fully saturated rings. The van der Waals surface area contributed by atoms with Crippen LogP contribution in [0, 0.1) is 11.6 Å². The average molecular weight is 539 g/mol. The van der Waals surface area contributed by atoms with Crippen molar-refractivity contribution in [3.63, 3.8) is 0 Å². The molecule has 3 N–H and O–H groups in total. The molecule has 4 aromatic rings. The molecule has 2 aromatic heterocycles. The number of para-hydroxylation sites is 1. The third-order valence-electron chi connectivity index (χ3n) is 7.29. The van der Waals surface area contributed by atoms with Crippen molar-refractivity contribution in [2.75, 3.05) is 37.7 Å². The van der Waals surface area contributed by atoms with Crippen LogP contribution in [0.15, 0.2) is 48.9 Å². The Kier molecular flexibility index (Phi) is 6.87. The van der Waals surface area contributed by atoms with Gasteiger partial charge in [0, 0.05) is 41.9 Å². The molecule has 2 saturated heterocycles. The highest BCUT2D eigenvalue weighted by atomic mass is 32.2. The Balaban J connectivity index is 1.37. The molecule has 11 heteroatoms. The quantitative estimate of drug-likeness (QED) is 0.332. The van der Waals surface area contributed by atoms with E-state index in [-0.39, 0.29) is 5.56 Å². The number of nitrogens with one attached hydrogen (secondary N) is 1. The van der Waals surface area contributed by atoms with Gasteiger partial charge in [-0.2, -0.15) is 16.9 Å². The van der Waals surface area contributed by atoms with Crippen LogP contribution in [0.4, 0.5) is 8.78 Å². The third kappa shape index (κ3) is 4.69. The molecule has 0 atom stereocenters. The fourth-order valence-corrected chi connectivity index (χ4v) is 6.13. The minimum atomic E-state index is -2.74. The van der Waals surface area contributed by atoms with Crippen molar-refractivity contribution >= 4 is 22.8 Å². The number of benzene rings is 2. The highest BCUT2D eigenvalue weighted by molar-refractivity contribution is 7.99. The number of fused-ring (bicyclic) bond motifs is 1. The number of halogens is 2. The molecule has 0 bridgehead atoms. The maximum absolute atomic E-state index is 15.3. The summed E-state index contributed by atoms with van der Waals surface area (Å²) in [6, 6.07) is 7.83. The first kappa shape index (κ1) is 25.3. The minimum absolute atomic E-state index is 0.233. The second-order valence-corrected chi connectivity index (χ2v) is 10.9. The van der Waals surface area contributed by atoms with Gasteiger partial charge in [-0.25, -0.2) is 18.7 Å². The normalized spacial score (nSPS) is 17.8. The van der Waals surface area contributed by atoms with Crippen LogP contribution >= 0.6 is 11.8 Å². The Bertz CT molecular complexity index is 1440. The van der Waals surface area contributed by atoms with E-state index >= 15 is 8.78 Å². The summed E-state index contributed by atoms with van der Waals surface area (Å²) >= 11 is 1.66. The van der Waals surface area contributed by atoms with Crippen LogP contribution in [-0.2, 0) is 5.91 Å². The van der Waals surface area contributed by atoms with Crippen LogP contribution in [0.5, 0.6) is 0 Å². The smallest absolute Gasteiger partial charge is 0.259 e. The lowest BCUT2D eigenvalue weighted by Gasteiger charge is -2.37. The lowest BCUT2D eigenvalue weighted by Crippen LogP contribution is -2.50. The van der Waals surface area contributed by atoms with Gasteiger partial charge in [-0.1, -0.05) is 12.1 Å². The Morgan fingerprint density at radius 3 is 2.47 bits per heavy atom. The molecule has 0 unspecified atom stereocenters. The van der Waals surface area contributed by atoms with Gasteiger partial charge in [-0.15, -0.1) is 0 Å². The Hall–Kier alpha value is -2.96. The summed E-state index contributed by atoms with van der Waals surface area (Å²) in [5, 5.41) is 29.3. The van der Waals surface area contributed by atoms with Crippen LogP contribution in [0.1, 0.15) is 24.4 Å². The average Bonchev–Trinajstić information content (AvgIpc) is 3.43. The van der Waals surface area contributed by atoms with Crippen LogP contribution in [0.3, 0.4) is 0 Å². The number of thioether (sulfide) groups is 1. The highest BCUT2D eigenvalue weighted by Gasteiger charge is 2.40. The van der Waals surface area contributed by atoms with Crippen LogP contribution in [0.2, 0.25) is 0 Å². The summed E-state index contributed by atoms with van der Waals surface area (Å²) < 4.78 is 32.6. The number of nitrogens with zero attached hydrogens (tertiary/aromatic N) is 5. The van der Waals surface area contributed by atoms with E-state index in [1.807, 2.05) is 10.9 Å². The fourth-order valence-electron chi connectivity index (χ4n) is 5.23. The van der Waals surface area contributed by atoms with Crippen molar-refractivity contribution in [2.45, 2.75) is 24.8 Å². The number of aliphatic hydroxyl groups is 2. The lowest BCUT2D eigenvalue weighted by atomic mass is 9.99. The maximum Gasteiger partial charge on any atom is 0.259 e. The van der Waals surface area contributed by atoms with E-state index in [2.05, 4.69) is 15.4 Å². The first-order chi connectivity index (χ1) is 18.4. The number of hydrogen-bond donors (Lipinski definition) is 3. The van der Waals surface area contributed by atoms with E-state index < -0.39 is 23.1 Å². The first-order valence-corrected chi connectivity index (χ1v) is 13.9. The molecule has 0 saturated carbocycles. The van der Waals surface area contributed by atoms with Gasteiger partial charge >= 0.3 is 0 Å². The molecule has 0 amide bonds. The Labute approximate surface area is 222 Å². The van der Waals surface area contributed by atoms with E-state index in [9.17, 15) is 10.2 Å². The number of aromatic nitrogens is 4. The molecule has 198 valence electrons. The molecule has 2 aliphatic rings. The van der Waals surface area contributed by atoms with Crippen molar-refractivity contribution in [3.8, 4) is 22.4 Å². The zero-order chi connectivity index (χ0) is 26.3. The van der Waals surface area contributed by atoms with Crippen molar-refractivity contribution < 1.29 is 19.0 Å². The third-order valence-corrected chi connectivity index (χ3v) is 8.24. The zero-order valence-electron chi connectivity index (χ0n) is 20.6. The fraction of sp³-hybridized carbons (Fsp3) is 0.370. The minimum Gasteiger partial charge on any atom is -0.349 e. The highest BCUT2D eigenvalue weighted by Crippen LogP contribution is 2.35. The van der Waals surface area contributed by atoms with Crippen molar-refractivity contribution in [2.24, 2.45) is 0 Å². The number of hydrogen-bond acceptors (Lipinski definition) is 8. The van der Waals surface area contributed by atoms with Gasteiger partial charge in [-0.3, -0.25) is 9.67 Å². The van der Waals surface area contributed by atoms with Gasteiger partial charge in [0.05, 0.1) is 40.7 Å². The van der Waals surface area contributed by atoms with E-state index in [0.717, 1.165) is 43.6 Å². The second-order valence-electron chi connectivity index (χ2n) is 9.67. The van der Waals surface area contributed by atoms with Crippen LogP contribution in [-0.4, -0.2) is 72.5 Å². The largest absolute Gasteiger partial charge is 0.349 e. The summed E-state index contributed by atoms with van der Waals surface area (Å²) in [5.41, 5.74) is 2.43. The maximum atomic E-state index is 15.3. The zero-order valence-corrected chi connectivity index (χ0v) is 21.5. The number of piperidine rings is 1. The Morgan fingerprint density at radius 2 is 1.74 bits per heavy atom. The summed E-state index contributed by atoms with van der Waals surface area (Å²) in [6.45, 7) is 2.54. The van der Waals surface area contributed by atoms with E-state index in [1.54, 1.807) is 42.4 Å². The van der Waals surface area contributed by atoms with Crippen LogP contribution < -0.4 is 5.32 Å². The SMILES string of the molecule is OC(O)(c1c(F)cc(-c2cccc3ncc(-c4cnn(C5CCNCC5)c4)nc23)cc1F)N1CCSCC1. The van der Waals surface area contributed by atoms with Gasteiger partial charge in [0.15, 0.2) is 0 Å². The molecule has 2 aliphatic heterocycles. The summed E-state index contributed by atoms with van der Waals surface area (Å²) in [7, 11) is 0. The van der Waals surface area contributed by atoms with Crippen molar-refractivity contribution in [1.29, 1.82) is 0 Å². The van der Waals surface area contributed by atoms with Gasteiger partial charge in [0.1, 0.15) is 11.6 Å². The standard InChI is InChI=1S/C27H28F2N6O2S/c28-21-12-17(13-22(29)25(21)27(36,37)34-8-10-38-11-9-34)20-2-1-3-23-26(20)33-24(15-31-23)18-14-32-35(16-18)19-4-6-30-7-5-19/h1-3,12-16,19,30,36-37H,4-11H2. The van der Waals surface area contributed by atoms with Crippen molar-refractivity contribution in [1.82, 2.24) is 30.0 Å². The predicted molar refractivity (Wildman–Crippen MR) is 142 cm³/mol. The molecular weight excluding hydrogens is 510 g/mol. The van der Waals surface area contributed by atoms with Gasteiger partial charge < -0.3 is 15.5 Å². The Morgan fingerprint density at radius 1 is 1.00 bits per heavy atom. The molecular formula is C27H28F2N6O2S. The summed E-state index contributed by atoms with van der Waals surface area (Å²) in [6.07, 6.45) is 7.39. The number of rotatable bonds is 5. The molecule has 38 heavy (non-hydrogen) atoms. The first-order valence-electron chi connectivity index (χ1n) is 12.7. The molecule has 0 radical (unpaired) electrons. The van der Waals surface area contributed by atoms with E-state index in [1.165, 1.54) is 4.90 Å². The van der Waals surface area contributed by atoms with E-state index in [0.29, 0.717) is 52.9 Å². The van der Waals surface area contributed by atoms with Crippen molar-refractivity contribution in [3.05, 3.63) is 66.1 Å². The molecule has 8 nitrogen and oxygen atoms in total. The molecule has 4 heterocycles. The monoisotopic (exact) mass is 538 g/mol. The van der Waals surface area contributed by atoms with Gasteiger partial charge in [0.2, 0.25) is 0 Å². The summed E-state index contributed by atoms with van der Waals surface area (Å²) in [4.78, 5) is 10.6. The predicted octanol–water partition coefficient (Wildman–Crippen LogP) is 3.51. The topological polar surface area (TPSA) is 99.3 Å². The van der Waals surface area contributed by atoms with Gasteiger partial charge in [-0.05, 0) is 49.7 Å².